The van der Waals surface area contributed by atoms with Crippen molar-refractivity contribution in [2.24, 2.45) is 10.2 Å². The highest BCUT2D eigenvalue weighted by molar-refractivity contribution is 6.20. The molecule has 0 aromatic heterocycles. The van der Waals surface area contributed by atoms with Gasteiger partial charge in [-0.2, -0.15) is 0 Å². The number of benzene rings is 1. The molecule has 0 saturated heterocycles. The minimum atomic E-state index is 0.192. The molecule has 0 aliphatic rings. The van der Waals surface area contributed by atoms with Crippen LogP contribution in [-0.4, -0.2) is 5.96 Å². The molecule has 0 bridgehead atoms. The van der Waals surface area contributed by atoms with Crippen LogP contribution in [0.2, 0.25) is 0 Å². The molecule has 11 heavy (non-hydrogen) atoms. The van der Waals surface area contributed by atoms with Crippen molar-refractivity contribution in [3.8, 4) is 0 Å². The fourth-order valence-electron chi connectivity index (χ4n) is 0.690. The van der Waals surface area contributed by atoms with Crippen molar-refractivity contribution in [1.82, 2.24) is 0 Å². The number of hydrogen-bond donors (Lipinski definition) is 2. The average molecular weight is 170 g/mol. The quantitative estimate of drug-likeness (QED) is 0.495. The van der Waals surface area contributed by atoms with Crippen LogP contribution < -0.4 is 11.1 Å². The number of rotatable bonds is 1. The fourth-order valence-corrected chi connectivity index (χ4v) is 0.733. The second-order valence-electron chi connectivity index (χ2n) is 1.96. The molecule has 0 amide bonds. The number of guanidine groups is 1. The Labute approximate surface area is 70.0 Å². The van der Waals surface area contributed by atoms with E-state index < -0.39 is 0 Å². The first-order valence-corrected chi connectivity index (χ1v) is 3.43. The molecule has 0 spiro atoms. The summed E-state index contributed by atoms with van der Waals surface area (Å²) in [6.45, 7) is 0. The van der Waals surface area contributed by atoms with Crippen LogP contribution in [0.15, 0.2) is 34.8 Å². The van der Waals surface area contributed by atoms with E-state index in [9.17, 15) is 0 Å². The maximum atomic E-state index is 5.31. The van der Waals surface area contributed by atoms with Crippen molar-refractivity contribution < 1.29 is 0 Å². The molecule has 0 fully saturated rings. The number of nitrogens with zero attached hydrogens (tertiary/aromatic N) is 1. The molecule has 0 radical (unpaired) electrons. The third-order valence-corrected chi connectivity index (χ3v) is 1.32. The van der Waals surface area contributed by atoms with E-state index in [1.54, 1.807) is 0 Å². The van der Waals surface area contributed by atoms with E-state index in [0.717, 1.165) is 5.69 Å². The van der Waals surface area contributed by atoms with E-state index in [0.29, 0.717) is 0 Å². The van der Waals surface area contributed by atoms with E-state index in [-0.39, 0.29) is 5.96 Å². The van der Waals surface area contributed by atoms with Gasteiger partial charge in [0.1, 0.15) is 0 Å². The third kappa shape index (κ3) is 2.47. The Morgan fingerprint density at radius 1 is 1.36 bits per heavy atom. The molecule has 0 saturated carbocycles. The summed E-state index contributed by atoms with van der Waals surface area (Å²) in [6, 6.07) is 9.44. The predicted octanol–water partition coefficient (Wildman–Crippen LogP) is 1.57. The Hall–Kier alpha value is -1.22. The van der Waals surface area contributed by atoms with Gasteiger partial charge in [-0.25, -0.2) is 0 Å². The minimum Gasteiger partial charge on any atom is -0.369 e. The maximum Gasteiger partial charge on any atom is 0.210 e. The van der Waals surface area contributed by atoms with E-state index in [1.807, 2.05) is 30.3 Å². The molecule has 0 heterocycles. The zero-order valence-corrected chi connectivity index (χ0v) is 6.55. The van der Waals surface area contributed by atoms with Crippen LogP contribution >= 0.6 is 11.8 Å². The van der Waals surface area contributed by atoms with Crippen LogP contribution in [0, 0.1) is 0 Å². The fraction of sp³-hybridized carbons (Fsp3) is 0. The predicted molar refractivity (Wildman–Crippen MR) is 47.5 cm³/mol. The third-order valence-electron chi connectivity index (χ3n) is 1.14. The van der Waals surface area contributed by atoms with Gasteiger partial charge in [-0.1, -0.05) is 18.2 Å². The van der Waals surface area contributed by atoms with Crippen molar-refractivity contribution in [2.75, 3.05) is 5.32 Å². The highest BCUT2D eigenvalue weighted by Crippen LogP contribution is 2.03. The lowest BCUT2D eigenvalue weighted by Gasteiger charge is -2.01. The van der Waals surface area contributed by atoms with Crippen molar-refractivity contribution in [3.05, 3.63) is 30.3 Å². The first-order valence-electron chi connectivity index (χ1n) is 3.09. The van der Waals surface area contributed by atoms with E-state index in [2.05, 4.69) is 9.83 Å². The van der Waals surface area contributed by atoms with Gasteiger partial charge in [0, 0.05) is 17.5 Å². The van der Waals surface area contributed by atoms with Crippen molar-refractivity contribution in [1.29, 1.82) is 0 Å². The molecule has 58 valence electrons. The van der Waals surface area contributed by atoms with Gasteiger partial charge in [0.05, 0.1) is 0 Å². The van der Waals surface area contributed by atoms with Gasteiger partial charge in [-0.05, 0) is 12.1 Å². The number of nitrogens with one attached hydrogen (secondary N) is 1. The first kappa shape index (κ1) is 7.88. The Morgan fingerprint density at radius 2 is 2.00 bits per heavy atom. The summed E-state index contributed by atoms with van der Waals surface area (Å²) in [5, 5.41) is 2.79. The largest absolute Gasteiger partial charge is 0.369 e. The lowest BCUT2D eigenvalue weighted by Crippen LogP contribution is -2.21. The summed E-state index contributed by atoms with van der Waals surface area (Å²) in [5.74, 6) is 0.192. The van der Waals surface area contributed by atoms with E-state index in [1.165, 1.54) is 0 Å². The minimum absolute atomic E-state index is 0.192. The SMILES string of the molecule is NC(=NCl)Nc1ccccc1. The molecule has 3 nitrogen and oxygen atoms in total. The monoisotopic (exact) mass is 169 g/mol. The molecule has 1 aromatic carbocycles. The Morgan fingerprint density at radius 3 is 2.55 bits per heavy atom. The Balaban J connectivity index is 2.65. The molecular formula is C7H8ClN3. The molecule has 0 aliphatic heterocycles. The van der Waals surface area contributed by atoms with E-state index >= 15 is 0 Å². The number of nitrogens with two attached hydrogens (primary N) is 1. The number of para-hydroxylation sites is 1. The summed E-state index contributed by atoms with van der Waals surface area (Å²) in [7, 11) is 0. The lowest BCUT2D eigenvalue weighted by atomic mass is 10.3. The molecule has 3 N–H and O–H groups in total. The highest BCUT2D eigenvalue weighted by Gasteiger charge is 1.90. The van der Waals surface area contributed by atoms with Crippen LogP contribution in [0.3, 0.4) is 0 Å². The second kappa shape index (κ2) is 3.83. The van der Waals surface area contributed by atoms with E-state index in [4.69, 9.17) is 17.5 Å². The smallest absolute Gasteiger partial charge is 0.210 e. The average Bonchev–Trinajstić information content (AvgIpc) is 2.06. The summed E-state index contributed by atoms with van der Waals surface area (Å²) < 4.78 is 3.24. The molecule has 1 aromatic rings. The molecule has 0 atom stereocenters. The summed E-state index contributed by atoms with van der Waals surface area (Å²) in [6.07, 6.45) is 0. The van der Waals surface area contributed by atoms with Crippen LogP contribution in [0.4, 0.5) is 5.69 Å². The van der Waals surface area contributed by atoms with Gasteiger partial charge in [-0.15, -0.1) is 4.51 Å². The van der Waals surface area contributed by atoms with Crippen LogP contribution in [0.25, 0.3) is 0 Å². The van der Waals surface area contributed by atoms with Crippen LogP contribution in [0.5, 0.6) is 0 Å². The van der Waals surface area contributed by atoms with Gasteiger partial charge >= 0.3 is 0 Å². The summed E-state index contributed by atoms with van der Waals surface area (Å²) in [5.41, 5.74) is 6.18. The zero-order valence-electron chi connectivity index (χ0n) is 5.79. The van der Waals surface area contributed by atoms with Crippen molar-refractivity contribution >= 4 is 23.4 Å². The number of hydrogen-bond acceptors (Lipinski definition) is 1. The van der Waals surface area contributed by atoms with Crippen LogP contribution in [0.1, 0.15) is 0 Å². The van der Waals surface area contributed by atoms with Gasteiger partial charge < -0.3 is 11.1 Å². The highest BCUT2D eigenvalue weighted by atomic mass is 35.5. The van der Waals surface area contributed by atoms with Gasteiger partial charge in [0.25, 0.3) is 0 Å². The summed E-state index contributed by atoms with van der Waals surface area (Å²) in [4.78, 5) is 0. The van der Waals surface area contributed by atoms with Crippen molar-refractivity contribution in [2.45, 2.75) is 0 Å². The second-order valence-corrected chi connectivity index (χ2v) is 2.13. The molecule has 4 heteroatoms. The molecule has 0 unspecified atom stereocenters. The van der Waals surface area contributed by atoms with Gasteiger partial charge in [0.2, 0.25) is 5.96 Å². The van der Waals surface area contributed by atoms with Gasteiger partial charge in [0.15, 0.2) is 0 Å². The summed E-state index contributed by atoms with van der Waals surface area (Å²) >= 11 is 5.10. The van der Waals surface area contributed by atoms with Crippen LogP contribution in [-0.2, 0) is 0 Å². The van der Waals surface area contributed by atoms with Gasteiger partial charge in [-0.3, -0.25) is 0 Å². The standard InChI is InChI=1S/C7H8ClN3/c8-11-7(9)10-6-4-2-1-3-5-6/h1-5H,(H3,9,10,11). The molecule has 0 aliphatic carbocycles. The van der Waals surface area contributed by atoms with Crippen molar-refractivity contribution in [3.63, 3.8) is 0 Å². The molecular weight excluding hydrogens is 162 g/mol. The molecule has 1 rings (SSSR count). The normalized spacial score (nSPS) is 11.2. The zero-order chi connectivity index (χ0) is 8.10. The topological polar surface area (TPSA) is 50.4 Å². The lowest BCUT2D eigenvalue weighted by molar-refractivity contribution is 1.54. The maximum absolute atomic E-state index is 5.31. The number of halogens is 1. The Kier molecular flexibility index (Phi) is 2.74. The first-order chi connectivity index (χ1) is 5.33. The Bertz CT molecular complexity index is 245. The number of anilines is 1.